The van der Waals surface area contributed by atoms with Crippen LogP contribution in [0.2, 0.25) is 0 Å². The van der Waals surface area contributed by atoms with Crippen LogP contribution in [0.25, 0.3) is 21.9 Å². The predicted molar refractivity (Wildman–Crippen MR) is 96.0 cm³/mol. The second kappa shape index (κ2) is 6.53. The number of aromatic nitrogens is 3. The first-order chi connectivity index (χ1) is 10.1. The summed E-state index contributed by atoms with van der Waals surface area (Å²) in [7, 11) is 1.95. The number of nitrogens with zero attached hydrogens (tertiary/aromatic N) is 3. The molecule has 118 valence electrons. The zero-order valence-electron chi connectivity index (χ0n) is 13.6. The van der Waals surface area contributed by atoms with Crippen LogP contribution in [-0.4, -0.2) is 20.8 Å². The number of pyridine rings is 1. The Kier molecular flexibility index (Phi) is 4.91. The summed E-state index contributed by atoms with van der Waals surface area (Å²) in [5.74, 6) is 0. The van der Waals surface area contributed by atoms with Gasteiger partial charge in [0.25, 0.3) is 0 Å². The van der Waals surface area contributed by atoms with Gasteiger partial charge in [0.15, 0.2) is 5.65 Å². The van der Waals surface area contributed by atoms with Crippen molar-refractivity contribution >= 4 is 40.0 Å². The van der Waals surface area contributed by atoms with Crippen LogP contribution in [0.4, 0.5) is 5.69 Å². The second-order valence-electron chi connectivity index (χ2n) is 5.75. The fourth-order valence-electron chi connectivity index (χ4n) is 3.00. The minimum atomic E-state index is 0. The van der Waals surface area contributed by atoms with E-state index >= 15 is 0 Å². The number of anilines is 1. The average Bonchev–Trinajstić information content (AvgIpc) is 2.74. The van der Waals surface area contributed by atoms with Crippen molar-refractivity contribution in [2.24, 2.45) is 7.05 Å². The van der Waals surface area contributed by atoms with Crippen LogP contribution in [0.5, 0.6) is 0 Å². The maximum absolute atomic E-state index is 4.77. The second-order valence-corrected chi connectivity index (χ2v) is 5.75. The molecule has 0 bridgehead atoms. The quantitative estimate of drug-likeness (QED) is 0.772. The van der Waals surface area contributed by atoms with Crippen LogP contribution in [0.3, 0.4) is 0 Å². The highest BCUT2D eigenvalue weighted by molar-refractivity contribution is 6.07. The van der Waals surface area contributed by atoms with Crippen molar-refractivity contribution in [3.05, 3.63) is 30.0 Å². The third-order valence-corrected chi connectivity index (χ3v) is 3.95. The van der Waals surface area contributed by atoms with E-state index in [2.05, 4.69) is 49.4 Å². The Bertz CT molecular complexity index is 794. The number of halogens is 1. The molecule has 2 heterocycles. The van der Waals surface area contributed by atoms with Crippen LogP contribution >= 0.6 is 12.4 Å². The van der Waals surface area contributed by atoms with Gasteiger partial charge >= 0.3 is 0 Å². The van der Waals surface area contributed by atoms with E-state index in [1.54, 1.807) is 0 Å². The molecule has 4 nitrogen and oxygen atoms in total. The van der Waals surface area contributed by atoms with E-state index in [-0.39, 0.29) is 12.4 Å². The fourth-order valence-corrected chi connectivity index (χ4v) is 3.00. The van der Waals surface area contributed by atoms with E-state index in [1.807, 2.05) is 17.8 Å². The number of aryl methyl sites for hydroxylation is 2. The number of rotatable bonds is 4. The van der Waals surface area contributed by atoms with Crippen LogP contribution < -0.4 is 5.32 Å². The molecule has 1 unspecified atom stereocenters. The highest BCUT2D eigenvalue weighted by Gasteiger charge is 2.16. The minimum Gasteiger partial charge on any atom is -0.381 e. The third-order valence-electron chi connectivity index (χ3n) is 3.95. The molecule has 1 N–H and O–H groups in total. The average molecular weight is 319 g/mol. The van der Waals surface area contributed by atoms with Crippen molar-refractivity contribution in [3.8, 4) is 0 Å². The number of para-hydroxylation sites is 1. The summed E-state index contributed by atoms with van der Waals surface area (Å²) in [6.07, 6.45) is 2.32. The van der Waals surface area contributed by atoms with Gasteiger partial charge in [0.2, 0.25) is 0 Å². The molecule has 0 aliphatic carbocycles. The maximum atomic E-state index is 4.77. The van der Waals surface area contributed by atoms with Crippen LogP contribution in [0.1, 0.15) is 32.4 Å². The first-order valence-corrected chi connectivity index (χ1v) is 7.60. The Labute approximate surface area is 137 Å². The number of benzene rings is 1. The normalized spacial score (nSPS) is 12.4. The molecule has 0 radical (unpaired) electrons. The van der Waals surface area contributed by atoms with Crippen molar-refractivity contribution in [1.82, 2.24) is 14.8 Å². The molecule has 22 heavy (non-hydrogen) atoms. The lowest BCUT2D eigenvalue weighted by atomic mass is 10.1. The van der Waals surface area contributed by atoms with Crippen molar-refractivity contribution in [3.63, 3.8) is 0 Å². The molecule has 5 heteroatoms. The monoisotopic (exact) mass is 318 g/mol. The molecule has 2 aromatic heterocycles. The van der Waals surface area contributed by atoms with Crippen molar-refractivity contribution in [2.45, 2.75) is 39.7 Å². The van der Waals surface area contributed by atoms with Gasteiger partial charge in [-0.25, -0.2) is 4.98 Å². The molecule has 0 aliphatic heterocycles. The summed E-state index contributed by atoms with van der Waals surface area (Å²) in [4.78, 5) is 4.77. The highest BCUT2D eigenvalue weighted by atomic mass is 35.5. The van der Waals surface area contributed by atoms with Gasteiger partial charge in [-0.15, -0.1) is 12.4 Å². The molecule has 0 saturated carbocycles. The Morgan fingerprint density at radius 1 is 1.27 bits per heavy atom. The molecule has 0 fully saturated rings. The van der Waals surface area contributed by atoms with Crippen LogP contribution in [-0.2, 0) is 7.05 Å². The van der Waals surface area contributed by atoms with Gasteiger partial charge in [0.1, 0.15) is 0 Å². The first kappa shape index (κ1) is 16.6. The van der Waals surface area contributed by atoms with Crippen molar-refractivity contribution in [2.75, 3.05) is 5.32 Å². The molecule has 0 spiro atoms. The molecule has 1 atom stereocenters. The summed E-state index contributed by atoms with van der Waals surface area (Å²) < 4.78 is 1.87. The Balaban J connectivity index is 0.00000176. The molecule has 1 aromatic carbocycles. The highest BCUT2D eigenvalue weighted by Crippen LogP contribution is 2.33. The zero-order valence-corrected chi connectivity index (χ0v) is 14.4. The summed E-state index contributed by atoms with van der Waals surface area (Å²) in [6, 6.07) is 8.73. The van der Waals surface area contributed by atoms with E-state index < -0.39 is 0 Å². The molecule has 3 rings (SSSR count). The van der Waals surface area contributed by atoms with Gasteiger partial charge in [0, 0.05) is 18.5 Å². The van der Waals surface area contributed by atoms with Gasteiger partial charge < -0.3 is 5.32 Å². The topological polar surface area (TPSA) is 42.7 Å². The zero-order chi connectivity index (χ0) is 15.0. The summed E-state index contributed by atoms with van der Waals surface area (Å²) >= 11 is 0. The minimum absolute atomic E-state index is 0. The Morgan fingerprint density at radius 2 is 2.00 bits per heavy atom. The van der Waals surface area contributed by atoms with Crippen molar-refractivity contribution in [1.29, 1.82) is 0 Å². The van der Waals surface area contributed by atoms with Crippen LogP contribution in [0.15, 0.2) is 24.3 Å². The van der Waals surface area contributed by atoms with Gasteiger partial charge in [0.05, 0.1) is 22.3 Å². The fraction of sp³-hybridized carbons (Fsp3) is 0.412. The lowest BCUT2D eigenvalue weighted by Gasteiger charge is -2.17. The smallest absolute Gasteiger partial charge is 0.160 e. The van der Waals surface area contributed by atoms with Gasteiger partial charge in [-0.3, -0.25) is 4.68 Å². The third kappa shape index (κ3) is 2.75. The van der Waals surface area contributed by atoms with E-state index in [4.69, 9.17) is 4.98 Å². The molecule has 0 amide bonds. The summed E-state index contributed by atoms with van der Waals surface area (Å²) in [5, 5.41) is 10.5. The lowest BCUT2D eigenvalue weighted by Crippen LogP contribution is -2.15. The van der Waals surface area contributed by atoms with Gasteiger partial charge in [-0.1, -0.05) is 31.5 Å². The number of hydrogen-bond acceptors (Lipinski definition) is 3. The summed E-state index contributed by atoms with van der Waals surface area (Å²) in [6.45, 7) is 6.50. The van der Waals surface area contributed by atoms with Crippen LogP contribution in [0, 0.1) is 6.92 Å². The van der Waals surface area contributed by atoms with Crippen molar-refractivity contribution < 1.29 is 0 Å². The first-order valence-electron chi connectivity index (χ1n) is 7.60. The summed E-state index contributed by atoms with van der Waals surface area (Å²) in [5.41, 5.74) is 4.15. The predicted octanol–water partition coefficient (Wildman–Crippen LogP) is 4.45. The largest absolute Gasteiger partial charge is 0.381 e. The lowest BCUT2D eigenvalue weighted by molar-refractivity contribution is 0.692. The number of fused-ring (bicyclic) bond motifs is 2. The number of hydrogen-bond donors (Lipinski definition) is 1. The van der Waals surface area contributed by atoms with E-state index in [9.17, 15) is 0 Å². The number of nitrogens with one attached hydrogen (secondary N) is 1. The van der Waals surface area contributed by atoms with E-state index in [0.29, 0.717) is 6.04 Å². The molecular formula is C17H23ClN4. The Morgan fingerprint density at radius 3 is 2.73 bits per heavy atom. The Hall–Kier alpha value is -1.81. The van der Waals surface area contributed by atoms with Gasteiger partial charge in [-0.05, 0) is 26.3 Å². The van der Waals surface area contributed by atoms with Gasteiger partial charge in [-0.2, -0.15) is 5.10 Å². The SMILES string of the molecule is CCCC(C)Nc1c2ccccc2nc2c1c(C)nn2C.Cl. The maximum Gasteiger partial charge on any atom is 0.160 e. The standard InChI is InChI=1S/C17H22N4.ClH/c1-5-8-11(2)18-16-13-9-6-7-10-14(13)19-17-15(16)12(3)20-21(17)4;/h6-7,9-11H,5,8H2,1-4H3,(H,18,19);1H. The molecular weight excluding hydrogens is 296 g/mol. The molecule has 3 aromatic rings. The molecule has 0 saturated heterocycles. The van der Waals surface area contributed by atoms with E-state index in [0.717, 1.165) is 28.7 Å². The molecule has 0 aliphatic rings. The van der Waals surface area contributed by atoms with E-state index in [1.165, 1.54) is 17.5 Å².